The number of rotatable bonds is 4. The monoisotopic (exact) mass is 431 g/mol. The summed E-state index contributed by atoms with van der Waals surface area (Å²) in [6.07, 6.45) is 8.77. The van der Waals surface area contributed by atoms with Crippen molar-refractivity contribution in [1.29, 1.82) is 0 Å². The van der Waals surface area contributed by atoms with Crippen molar-refractivity contribution in [3.8, 4) is 11.3 Å². The van der Waals surface area contributed by atoms with E-state index < -0.39 is 0 Å². The Bertz CT molecular complexity index is 1230. The highest BCUT2D eigenvalue weighted by Crippen LogP contribution is 2.25. The SMILES string of the molecule is CC(OC(=O)N1CCN(c2cnn3cc(-c4cnn(C)c4)ncc23)CC1)c1ccccc1. The van der Waals surface area contributed by atoms with Crippen LogP contribution in [0.2, 0.25) is 0 Å². The Morgan fingerprint density at radius 3 is 2.50 bits per heavy atom. The second-order valence-electron chi connectivity index (χ2n) is 7.95. The highest BCUT2D eigenvalue weighted by atomic mass is 16.6. The highest BCUT2D eigenvalue weighted by Gasteiger charge is 2.25. The molecule has 5 rings (SSSR count). The zero-order valence-corrected chi connectivity index (χ0v) is 18.1. The van der Waals surface area contributed by atoms with Crippen molar-refractivity contribution in [2.75, 3.05) is 31.1 Å². The van der Waals surface area contributed by atoms with E-state index in [1.807, 2.05) is 73.6 Å². The molecule has 1 atom stereocenters. The molecule has 1 unspecified atom stereocenters. The fourth-order valence-corrected chi connectivity index (χ4v) is 3.96. The number of aryl methyl sites for hydroxylation is 1. The van der Waals surface area contributed by atoms with Crippen LogP contribution in [0.4, 0.5) is 10.5 Å². The molecule has 1 saturated heterocycles. The van der Waals surface area contributed by atoms with Gasteiger partial charge in [-0.3, -0.25) is 9.67 Å². The molecule has 1 fully saturated rings. The van der Waals surface area contributed by atoms with Gasteiger partial charge in [0, 0.05) is 45.0 Å². The fraction of sp³-hybridized carbons (Fsp3) is 0.304. The lowest BCUT2D eigenvalue weighted by Crippen LogP contribution is -2.49. The molecule has 3 aromatic heterocycles. The summed E-state index contributed by atoms with van der Waals surface area (Å²) in [7, 11) is 1.88. The third kappa shape index (κ3) is 3.89. The zero-order chi connectivity index (χ0) is 22.1. The van der Waals surface area contributed by atoms with Crippen molar-refractivity contribution in [1.82, 2.24) is 29.3 Å². The Balaban J connectivity index is 1.23. The van der Waals surface area contributed by atoms with Crippen LogP contribution in [0.1, 0.15) is 18.6 Å². The van der Waals surface area contributed by atoms with Gasteiger partial charge in [-0.25, -0.2) is 9.31 Å². The number of fused-ring (bicyclic) bond motifs is 1. The van der Waals surface area contributed by atoms with E-state index in [0.29, 0.717) is 26.2 Å². The lowest BCUT2D eigenvalue weighted by molar-refractivity contribution is 0.0681. The van der Waals surface area contributed by atoms with Crippen LogP contribution < -0.4 is 4.90 Å². The van der Waals surface area contributed by atoms with Gasteiger partial charge in [0.2, 0.25) is 0 Å². The van der Waals surface area contributed by atoms with Gasteiger partial charge in [0.05, 0.1) is 36.2 Å². The molecular formula is C23H25N7O2. The Hall–Kier alpha value is -3.88. The van der Waals surface area contributed by atoms with Crippen molar-refractivity contribution in [2.24, 2.45) is 7.05 Å². The average molecular weight is 432 g/mol. The minimum absolute atomic E-state index is 0.274. The molecule has 9 heteroatoms. The fourth-order valence-electron chi connectivity index (χ4n) is 3.96. The smallest absolute Gasteiger partial charge is 0.410 e. The zero-order valence-electron chi connectivity index (χ0n) is 18.1. The number of hydrogen-bond donors (Lipinski definition) is 0. The number of hydrogen-bond acceptors (Lipinski definition) is 6. The van der Waals surface area contributed by atoms with Crippen LogP contribution in [0.3, 0.4) is 0 Å². The number of carbonyl (C=O) groups excluding carboxylic acids is 1. The summed E-state index contributed by atoms with van der Waals surface area (Å²) in [5, 5.41) is 8.72. The summed E-state index contributed by atoms with van der Waals surface area (Å²) in [6.45, 7) is 4.51. The molecule has 32 heavy (non-hydrogen) atoms. The molecule has 164 valence electrons. The summed E-state index contributed by atoms with van der Waals surface area (Å²) in [4.78, 5) is 21.2. The Kier molecular flexibility index (Phi) is 5.22. The number of amides is 1. The number of benzene rings is 1. The van der Waals surface area contributed by atoms with Gasteiger partial charge in [0.15, 0.2) is 0 Å². The van der Waals surface area contributed by atoms with Gasteiger partial charge in [-0.1, -0.05) is 30.3 Å². The van der Waals surface area contributed by atoms with E-state index in [4.69, 9.17) is 4.74 Å². The second-order valence-corrected chi connectivity index (χ2v) is 7.95. The van der Waals surface area contributed by atoms with E-state index >= 15 is 0 Å². The van der Waals surface area contributed by atoms with Gasteiger partial charge in [0.1, 0.15) is 11.6 Å². The van der Waals surface area contributed by atoms with Gasteiger partial charge < -0.3 is 14.5 Å². The molecule has 0 aliphatic carbocycles. The van der Waals surface area contributed by atoms with Crippen LogP contribution in [0.15, 0.2) is 61.3 Å². The summed E-state index contributed by atoms with van der Waals surface area (Å²) < 4.78 is 9.26. The van der Waals surface area contributed by atoms with Crippen molar-refractivity contribution in [2.45, 2.75) is 13.0 Å². The third-order valence-electron chi connectivity index (χ3n) is 5.81. The first-order valence-corrected chi connectivity index (χ1v) is 10.7. The molecule has 1 aliphatic heterocycles. The number of nitrogens with zero attached hydrogens (tertiary/aromatic N) is 7. The average Bonchev–Trinajstić information content (AvgIpc) is 3.45. The van der Waals surface area contributed by atoms with E-state index in [0.717, 1.165) is 28.0 Å². The number of carbonyl (C=O) groups is 1. The molecule has 0 N–H and O–H groups in total. The molecule has 0 saturated carbocycles. The quantitative estimate of drug-likeness (QED) is 0.494. The maximum atomic E-state index is 12.6. The first kappa shape index (κ1) is 20.0. The molecule has 1 amide bonds. The minimum atomic E-state index is -0.276. The van der Waals surface area contributed by atoms with E-state index in [1.54, 1.807) is 15.8 Å². The number of anilines is 1. The highest BCUT2D eigenvalue weighted by molar-refractivity contribution is 5.74. The summed E-state index contributed by atoms with van der Waals surface area (Å²) in [5.74, 6) is 0. The van der Waals surface area contributed by atoms with Crippen molar-refractivity contribution in [3.63, 3.8) is 0 Å². The predicted octanol–water partition coefficient (Wildman–Crippen LogP) is 3.15. The molecule has 4 heterocycles. The normalized spacial score (nSPS) is 15.2. The van der Waals surface area contributed by atoms with Crippen LogP contribution in [-0.4, -0.2) is 61.6 Å². The number of aromatic nitrogens is 5. The summed E-state index contributed by atoms with van der Waals surface area (Å²) in [5.41, 5.74) is 4.71. The summed E-state index contributed by atoms with van der Waals surface area (Å²) in [6, 6.07) is 9.78. The third-order valence-corrected chi connectivity index (χ3v) is 5.81. The predicted molar refractivity (Wildman–Crippen MR) is 120 cm³/mol. The van der Waals surface area contributed by atoms with Crippen molar-refractivity contribution in [3.05, 3.63) is 66.9 Å². The van der Waals surface area contributed by atoms with Gasteiger partial charge in [0.25, 0.3) is 0 Å². The van der Waals surface area contributed by atoms with Crippen LogP contribution in [0, 0.1) is 0 Å². The maximum absolute atomic E-state index is 12.6. The van der Waals surface area contributed by atoms with Crippen LogP contribution in [-0.2, 0) is 11.8 Å². The van der Waals surface area contributed by atoms with Crippen LogP contribution >= 0.6 is 0 Å². The van der Waals surface area contributed by atoms with E-state index in [2.05, 4.69) is 20.1 Å². The molecule has 0 spiro atoms. The van der Waals surface area contributed by atoms with Gasteiger partial charge in [-0.15, -0.1) is 0 Å². The van der Waals surface area contributed by atoms with Gasteiger partial charge in [-0.2, -0.15) is 10.2 Å². The second kappa shape index (κ2) is 8.33. The summed E-state index contributed by atoms with van der Waals surface area (Å²) >= 11 is 0. The largest absolute Gasteiger partial charge is 0.442 e. The van der Waals surface area contributed by atoms with Crippen molar-refractivity contribution < 1.29 is 9.53 Å². The Labute approximate surface area is 185 Å². The molecule has 1 aliphatic rings. The van der Waals surface area contributed by atoms with Gasteiger partial charge >= 0.3 is 6.09 Å². The van der Waals surface area contributed by atoms with E-state index in [-0.39, 0.29) is 12.2 Å². The van der Waals surface area contributed by atoms with Gasteiger partial charge in [-0.05, 0) is 12.5 Å². The lowest BCUT2D eigenvalue weighted by Gasteiger charge is -2.35. The molecular weight excluding hydrogens is 406 g/mol. The Morgan fingerprint density at radius 1 is 1.00 bits per heavy atom. The van der Waals surface area contributed by atoms with Crippen LogP contribution in [0.5, 0.6) is 0 Å². The number of ether oxygens (including phenoxy) is 1. The molecule has 1 aromatic carbocycles. The van der Waals surface area contributed by atoms with Crippen LogP contribution in [0.25, 0.3) is 16.8 Å². The van der Waals surface area contributed by atoms with E-state index in [9.17, 15) is 4.79 Å². The van der Waals surface area contributed by atoms with Crippen molar-refractivity contribution >= 4 is 17.3 Å². The first-order chi connectivity index (χ1) is 15.6. The topological polar surface area (TPSA) is 80.8 Å². The first-order valence-electron chi connectivity index (χ1n) is 10.7. The lowest BCUT2D eigenvalue weighted by atomic mass is 10.1. The molecule has 4 aromatic rings. The molecule has 9 nitrogen and oxygen atoms in total. The van der Waals surface area contributed by atoms with E-state index in [1.165, 1.54) is 0 Å². The minimum Gasteiger partial charge on any atom is -0.442 e. The molecule has 0 radical (unpaired) electrons. The standard InChI is InChI=1S/C23H25N7O2/c1-17(18-6-4-3-5-7-18)32-23(31)29-10-8-28(9-11-29)21-14-26-30-16-20(24-13-22(21)30)19-12-25-27(2)15-19/h3-7,12-17H,8-11H2,1-2H3. The maximum Gasteiger partial charge on any atom is 0.410 e. The Morgan fingerprint density at radius 2 is 1.78 bits per heavy atom. The number of piperazine rings is 1. The molecule has 0 bridgehead atoms.